The Morgan fingerprint density at radius 1 is 1.43 bits per heavy atom. The third-order valence-electron chi connectivity index (χ3n) is 0.574. The van der Waals surface area contributed by atoms with Crippen LogP contribution in [0.4, 0.5) is 0 Å². The van der Waals surface area contributed by atoms with Gasteiger partial charge < -0.3 is 10.8 Å². The Bertz CT molecular complexity index is 103. The van der Waals surface area contributed by atoms with Gasteiger partial charge in [0.05, 0.1) is 0 Å². The second-order valence-electron chi connectivity index (χ2n) is 1.22. The van der Waals surface area contributed by atoms with Crippen LogP contribution in [0.25, 0.3) is 0 Å². The first-order chi connectivity index (χ1) is 3.31. The highest BCUT2D eigenvalue weighted by atomic mass is 14.3. The van der Waals surface area contributed by atoms with Crippen molar-refractivity contribution in [2.45, 2.75) is 6.92 Å². The fourth-order valence-corrected chi connectivity index (χ4v) is 0.180. The molecule has 2 N–H and O–H groups in total. The van der Waals surface area contributed by atoms with Gasteiger partial charge >= 0.3 is 0 Å². The van der Waals surface area contributed by atoms with Crippen molar-refractivity contribution < 1.29 is 0 Å². The summed E-state index contributed by atoms with van der Waals surface area (Å²) in [6.45, 7) is 1.78. The lowest BCUT2D eigenvalue weighted by molar-refractivity contribution is 1.50. The Hall–Kier alpha value is -0.920. The summed E-state index contributed by atoms with van der Waals surface area (Å²) in [6.07, 6.45) is 3.94. The van der Waals surface area contributed by atoms with Gasteiger partial charge in [0.25, 0.3) is 0 Å². The molecule has 0 spiro atoms. The zero-order valence-corrected chi connectivity index (χ0v) is 4.23. The monoisotopic (exact) mass is 96.1 g/mol. The molecule has 7 heavy (non-hydrogen) atoms. The first kappa shape index (κ1) is 6.08. The van der Waals surface area contributed by atoms with Crippen molar-refractivity contribution in [3.05, 3.63) is 11.6 Å². The molecule has 0 aliphatic rings. The predicted octanol–water partition coefficient (Wildman–Crippen LogP) is 1.23. The summed E-state index contributed by atoms with van der Waals surface area (Å²) in [6, 6.07) is 0. The van der Waals surface area contributed by atoms with Crippen LogP contribution in [0, 0.1) is 10.8 Å². The van der Waals surface area contributed by atoms with Gasteiger partial charge in [-0.15, -0.1) is 0 Å². The zero-order valence-electron chi connectivity index (χ0n) is 4.23. The van der Waals surface area contributed by atoms with Gasteiger partial charge in [0, 0.05) is 12.4 Å². The standard InChI is InChI=1S/C5H8N2/c1-5(4-7)2-3-6/h2-4,6-7H,1H3/b5-2-,6-3?,7-4?. The molecule has 0 radical (unpaired) electrons. The molecule has 2 nitrogen and oxygen atoms in total. The van der Waals surface area contributed by atoms with Gasteiger partial charge in [0.15, 0.2) is 0 Å². The molecule has 0 amide bonds. The Kier molecular flexibility index (Phi) is 2.85. The van der Waals surface area contributed by atoms with Crippen LogP contribution < -0.4 is 0 Å². The lowest BCUT2D eigenvalue weighted by atomic mass is 10.3. The first-order valence-electron chi connectivity index (χ1n) is 1.99. The predicted molar refractivity (Wildman–Crippen MR) is 31.3 cm³/mol. The van der Waals surface area contributed by atoms with Crippen molar-refractivity contribution in [2.75, 3.05) is 0 Å². The smallest absolute Gasteiger partial charge is 0.0207 e. The van der Waals surface area contributed by atoms with Crippen LogP contribution in [0.3, 0.4) is 0 Å². The minimum atomic E-state index is 0.801. The van der Waals surface area contributed by atoms with Crippen LogP contribution in [0.2, 0.25) is 0 Å². The molecule has 0 saturated heterocycles. The van der Waals surface area contributed by atoms with Crippen molar-refractivity contribution in [1.29, 1.82) is 10.8 Å². The maximum Gasteiger partial charge on any atom is 0.0207 e. The fourth-order valence-electron chi connectivity index (χ4n) is 0.180. The average molecular weight is 96.1 g/mol. The third-order valence-corrected chi connectivity index (χ3v) is 0.574. The number of allylic oxidation sites excluding steroid dienone is 2. The van der Waals surface area contributed by atoms with Gasteiger partial charge in [-0.2, -0.15) is 0 Å². The SMILES string of the molecule is C/C(C=N)=C/C=N. The third kappa shape index (κ3) is 2.89. The van der Waals surface area contributed by atoms with E-state index in [2.05, 4.69) is 0 Å². The molecule has 0 bridgehead atoms. The van der Waals surface area contributed by atoms with Crippen LogP contribution in [0.5, 0.6) is 0 Å². The quantitative estimate of drug-likeness (QED) is 0.486. The molecule has 0 rings (SSSR count). The topological polar surface area (TPSA) is 47.7 Å². The molecule has 0 aromatic heterocycles. The Labute approximate surface area is 42.9 Å². The van der Waals surface area contributed by atoms with Crippen LogP contribution in [-0.4, -0.2) is 12.4 Å². The van der Waals surface area contributed by atoms with Crippen LogP contribution in [0.1, 0.15) is 6.92 Å². The zero-order chi connectivity index (χ0) is 5.70. The van der Waals surface area contributed by atoms with Crippen molar-refractivity contribution in [2.24, 2.45) is 0 Å². The molecule has 0 saturated carbocycles. The van der Waals surface area contributed by atoms with Crippen molar-refractivity contribution in [1.82, 2.24) is 0 Å². The average Bonchev–Trinajstić information content (AvgIpc) is 1.68. The normalized spacial score (nSPS) is 10.7. The van der Waals surface area contributed by atoms with Gasteiger partial charge in [-0.25, -0.2) is 0 Å². The largest absolute Gasteiger partial charge is 0.309 e. The van der Waals surface area contributed by atoms with Crippen molar-refractivity contribution in [3.8, 4) is 0 Å². The molecule has 0 unspecified atom stereocenters. The number of hydrogen-bond acceptors (Lipinski definition) is 2. The van der Waals surface area contributed by atoms with E-state index < -0.39 is 0 Å². The van der Waals surface area contributed by atoms with Gasteiger partial charge in [-0.05, 0) is 18.6 Å². The lowest BCUT2D eigenvalue weighted by Crippen LogP contribution is -1.72. The fraction of sp³-hybridized carbons (Fsp3) is 0.200. The van der Waals surface area contributed by atoms with Crippen molar-refractivity contribution >= 4 is 12.4 Å². The van der Waals surface area contributed by atoms with E-state index in [1.165, 1.54) is 12.4 Å². The highest BCUT2D eigenvalue weighted by Gasteiger charge is 1.71. The molecule has 0 fully saturated rings. The number of nitrogens with one attached hydrogen (secondary N) is 2. The summed E-state index contributed by atoms with van der Waals surface area (Å²) in [5.74, 6) is 0. The summed E-state index contributed by atoms with van der Waals surface area (Å²) in [7, 11) is 0. The van der Waals surface area contributed by atoms with Crippen LogP contribution in [-0.2, 0) is 0 Å². The number of rotatable bonds is 2. The molecular weight excluding hydrogens is 88.1 g/mol. The van der Waals surface area contributed by atoms with Gasteiger partial charge in [-0.3, -0.25) is 0 Å². The summed E-state index contributed by atoms with van der Waals surface area (Å²) < 4.78 is 0. The molecule has 0 aromatic carbocycles. The Morgan fingerprint density at radius 3 is 2.14 bits per heavy atom. The maximum atomic E-state index is 6.62. The minimum Gasteiger partial charge on any atom is -0.309 e. The van der Waals surface area contributed by atoms with Gasteiger partial charge in [0.2, 0.25) is 0 Å². The molecule has 0 aliphatic heterocycles. The second-order valence-corrected chi connectivity index (χ2v) is 1.22. The van der Waals surface area contributed by atoms with E-state index in [-0.39, 0.29) is 0 Å². The van der Waals surface area contributed by atoms with E-state index in [4.69, 9.17) is 10.8 Å². The first-order valence-corrected chi connectivity index (χ1v) is 1.99. The van der Waals surface area contributed by atoms with E-state index in [1.807, 2.05) is 0 Å². The minimum absolute atomic E-state index is 0.801. The molecule has 0 aromatic rings. The van der Waals surface area contributed by atoms with Gasteiger partial charge in [-0.1, -0.05) is 0 Å². The second kappa shape index (κ2) is 3.28. The molecule has 2 heteroatoms. The summed E-state index contributed by atoms with van der Waals surface area (Å²) in [4.78, 5) is 0. The van der Waals surface area contributed by atoms with E-state index in [1.54, 1.807) is 13.0 Å². The molecule has 38 valence electrons. The lowest BCUT2D eigenvalue weighted by Gasteiger charge is -1.77. The highest BCUT2D eigenvalue weighted by molar-refractivity contribution is 5.83. The van der Waals surface area contributed by atoms with E-state index in [0.29, 0.717) is 0 Å². The highest BCUT2D eigenvalue weighted by Crippen LogP contribution is 1.79. The van der Waals surface area contributed by atoms with E-state index in [9.17, 15) is 0 Å². The Balaban J connectivity index is 3.72. The number of hydrogen-bond donors (Lipinski definition) is 2. The molecule has 0 heterocycles. The van der Waals surface area contributed by atoms with E-state index in [0.717, 1.165) is 5.57 Å². The summed E-state index contributed by atoms with van der Waals surface area (Å²) >= 11 is 0. The molecule has 0 atom stereocenters. The van der Waals surface area contributed by atoms with E-state index >= 15 is 0 Å². The summed E-state index contributed by atoms with van der Waals surface area (Å²) in [5.41, 5.74) is 0.801. The van der Waals surface area contributed by atoms with Crippen LogP contribution in [0.15, 0.2) is 11.6 Å². The van der Waals surface area contributed by atoms with Crippen LogP contribution >= 0.6 is 0 Å². The van der Waals surface area contributed by atoms with Gasteiger partial charge in [0.1, 0.15) is 0 Å². The van der Waals surface area contributed by atoms with Crippen molar-refractivity contribution in [3.63, 3.8) is 0 Å². The maximum absolute atomic E-state index is 6.62. The molecule has 0 aliphatic carbocycles. The Morgan fingerprint density at radius 2 is 2.00 bits per heavy atom. The summed E-state index contributed by atoms with van der Waals surface area (Å²) in [5, 5.41) is 13.1. The molecular formula is C5H8N2.